The van der Waals surface area contributed by atoms with E-state index in [1.54, 1.807) is 7.11 Å². The first-order chi connectivity index (χ1) is 12.0. The molecule has 0 unspecified atom stereocenters. The van der Waals surface area contributed by atoms with Gasteiger partial charge in [0.05, 0.1) is 18.5 Å². The number of carbonyl (C=O) groups is 1. The summed E-state index contributed by atoms with van der Waals surface area (Å²) in [4.78, 5) is 13.0. The molecule has 5 heteroatoms. The molecule has 25 heavy (non-hydrogen) atoms. The normalized spacial score (nSPS) is 23.4. The summed E-state index contributed by atoms with van der Waals surface area (Å²) in [5.41, 5.74) is 7.24. The predicted molar refractivity (Wildman–Crippen MR) is 104 cm³/mol. The van der Waals surface area contributed by atoms with Gasteiger partial charge in [0.25, 0.3) is 0 Å². The molecule has 0 aromatic heterocycles. The first-order valence-corrected chi connectivity index (χ1v) is 9.39. The number of rotatable bonds is 7. The van der Waals surface area contributed by atoms with Gasteiger partial charge in [0, 0.05) is 25.1 Å². The van der Waals surface area contributed by atoms with Gasteiger partial charge in [-0.3, -0.25) is 4.79 Å². The Morgan fingerprint density at radius 1 is 1.32 bits per heavy atom. The number of benzene rings is 1. The zero-order valence-corrected chi connectivity index (χ0v) is 16.0. The molecule has 0 aliphatic heterocycles. The molecule has 1 aliphatic rings. The van der Waals surface area contributed by atoms with E-state index in [-0.39, 0.29) is 11.8 Å². The number of ether oxygens (including phenoxy) is 1. The minimum absolute atomic E-state index is 0.0770. The molecule has 1 aliphatic carbocycles. The molecule has 0 saturated heterocycles. The molecule has 0 spiro atoms. The van der Waals surface area contributed by atoms with Gasteiger partial charge in [-0.25, -0.2) is 0 Å². The highest BCUT2D eigenvalue weighted by Gasteiger charge is 2.35. The molecule has 140 valence electrons. The molecular weight excluding hydrogens is 314 g/mol. The van der Waals surface area contributed by atoms with Crippen molar-refractivity contribution in [1.82, 2.24) is 0 Å². The zero-order valence-electron chi connectivity index (χ0n) is 16.0. The SMILES string of the molecule is COc1ccc(NC(=O)[C@@H]2C[C@@H](C)CC[C@@H]2C(C)C)c(NCCN)c1. The van der Waals surface area contributed by atoms with Gasteiger partial charge < -0.3 is 21.1 Å². The lowest BCUT2D eigenvalue weighted by atomic mass is 9.70. The second-order valence-corrected chi connectivity index (χ2v) is 7.55. The summed E-state index contributed by atoms with van der Waals surface area (Å²) in [6.07, 6.45) is 3.33. The topological polar surface area (TPSA) is 76.4 Å². The van der Waals surface area contributed by atoms with E-state index < -0.39 is 0 Å². The van der Waals surface area contributed by atoms with Crippen LogP contribution < -0.4 is 21.1 Å². The van der Waals surface area contributed by atoms with Crippen LogP contribution in [0.4, 0.5) is 11.4 Å². The van der Waals surface area contributed by atoms with Crippen molar-refractivity contribution in [3.05, 3.63) is 18.2 Å². The number of amides is 1. The van der Waals surface area contributed by atoms with E-state index in [0.717, 1.165) is 30.0 Å². The summed E-state index contributed by atoms with van der Waals surface area (Å²) in [6, 6.07) is 5.66. The van der Waals surface area contributed by atoms with Gasteiger partial charge >= 0.3 is 0 Å². The highest BCUT2D eigenvalue weighted by atomic mass is 16.5. The Bertz CT molecular complexity index is 574. The van der Waals surface area contributed by atoms with Crippen LogP contribution in [-0.4, -0.2) is 26.1 Å². The summed E-state index contributed by atoms with van der Waals surface area (Å²) >= 11 is 0. The number of carbonyl (C=O) groups excluding carboxylic acids is 1. The zero-order chi connectivity index (χ0) is 18.4. The molecule has 4 N–H and O–H groups in total. The molecule has 1 saturated carbocycles. The van der Waals surface area contributed by atoms with Gasteiger partial charge in [-0.1, -0.05) is 27.2 Å². The third-order valence-electron chi connectivity index (χ3n) is 5.30. The van der Waals surface area contributed by atoms with Crippen LogP contribution in [0.2, 0.25) is 0 Å². The fourth-order valence-electron chi connectivity index (χ4n) is 3.84. The first kappa shape index (κ1) is 19.6. The Kier molecular flexibility index (Phi) is 7.12. The maximum absolute atomic E-state index is 13.0. The van der Waals surface area contributed by atoms with Crippen LogP contribution in [0.3, 0.4) is 0 Å². The van der Waals surface area contributed by atoms with Crippen molar-refractivity contribution in [2.75, 3.05) is 30.8 Å². The summed E-state index contributed by atoms with van der Waals surface area (Å²) in [5.74, 6) is 2.54. The Labute approximate surface area is 151 Å². The number of nitrogens with one attached hydrogen (secondary N) is 2. The monoisotopic (exact) mass is 347 g/mol. The van der Waals surface area contributed by atoms with Crippen LogP contribution in [-0.2, 0) is 4.79 Å². The van der Waals surface area contributed by atoms with Crippen molar-refractivity contribution in [3.63, 3.8) is 0 Å². The Morgan fingerprint density at radius 2 is 2.08 bits per heavy atom. The summed E-state index contributed by atoms with van der Waals surface area (Å²) in [5, 5.41) is 6.42. The van der Waals surface area contributed by atoms with Crippen LogP contribution in [0.1, 0.15) is 40.0 Å². The molecule has 1 fully saturated rings. The number of hydrogen-bond donors (Lipinski definition) is 3. The summed E-state index contributed by atoms with van der Waals surface area (Å²) in [6.45, 7) is 7.87. The van der Waals surface area contributed by atoms with Gasteiger partial charge in [0.1, 0.15) is 5.75 Å². The van der Waals surface area contributed by atoms with Crippen LogP contribution in [0.15, 0.2) is 18.2 Å². The molecular formula is C20H33N3O2. The van der Waals surface area contributed by atoms with Crippen molar-refractivity contribution in [1.29, 1.82) is 0 Å². The van der Waals surface area contributed by atoms with E-state index in [2.05, 4.69) is 31.4 Å². The van der Waals surface area contributed by atoms with Crippen molar-refractivity contribution in [2.24, 2.45) is 29.4 Å². The van der Waals surface area contributed by atoms with Gasteiger partial charge in [-0.2, -0.15) is 0 Å². The molecule has 5 nitrogen and oxygen atoms in total. The quantitative estimate of drug-likeness (QED) is 0.703. The van der Waals surface area contributed by atoms with E-state index in [4.69, 9.17) is 10.5 Å². The third-order valence-corrected chi connectivity index (χ3v) is 5.30. The highest BCUT2D eigenvalue weighted by molar-refractivity contribution is 5.96. The second kappa shape index (κ2) is 9.09. The largest absolute Gasteiger partial charge is 0.497 e. The Hall–Kier alpha value is -1.75. The lowest BCUT2D eigenvalue weighted by Crippen LogP contribution is -2.36. The average Bonchev–Trinajstić information content (AvgIpc) is 2.60. The molecule has 1 aromatic rings. The summed E-state index contributed by atoms with van der Waals surface area (Å²) < 4.78 is 5.29. The van der Waals surface area contributed by atoms with Crippen LogP contribution in [0, 0.1) is 23.7 Å². The molecule has 0 bridgehead atoms. The highest BCUT2D eigenvalue weighted by Crippen LogP contribution is 2.39. The van der Waals surface area contributed by atoms with Gasteiger partial charge in [0.2, 0.25) is 5.91 Å². The minimum Gasteiger partial charge on any atom is -0.497 e. The van der Waals surface area contributed by atoms with Gasteiger partial charge in [-0.15, -0.1) is 0 Å². The number of nitrogens with two attached hydrogens (primary N) is 1. The van der Waals surface area contributed by atoms with Crippen LogP contribution >= 0.6 is 0 Å². The minimum atomic E-state index is 0.0770. The lowest BCUT2D eigenvalue weighted by molar-refractivity contribution is -0.123. The maximum atomic E-state index is 13.0. The van der Waals surface area contributed by atoms with E-state index >= 15 is 0 Å². The molecule has 0 heterocycles. The molecule has 1 amide bonds. The summed E-state index contributed by atoms with van der Waals surface area (Å²) in [7, 11) is 1.64. The number of hydrogen-bond acceptors (Lipinski definition) is 4. The first-order valence-electron chi connectivity index (χ1n) is 9.39. The Balaban J connectivity index is 2.17. The fraction of sp³-hybridized carbons (Fsp3) is 0.650. The fourth-order valence-corrected chi connectivity index (χ4v) is 3.84. The number of anilines is 2. The predicted octanol–water partition coefficient (Wildman–Crippen LogP) is 3.71. The molecule has 2 rings (SSSR count). The molecule has 1 aromatic carbocycles. The average molecular weight is 348 g/mol. The van der Waals surface area contributed by atoms with Crippen molar-refractivity contribution in [2.45, 2.75) is 40.0 Å². The van der Waals surface area contributed by atoms with Gasteiger partial charge in [0.15, 0.2) is 0 Å². The maximum Gasteiger partial charge on any atom is 0.227 e. The molecule has 0 radical (unpaired) electrons. The lowest BCUT2D eigenvalue weighted by Gasteiger charge is -2.36. The second-order valence-electron chi connectivity index (χ2n) is 7.55. The van der Waals surface area contributed by atoms with Gasteiger partial charge in [-0.05, 0) is 42.7 Å². The Morgan fingerprint density at radius 3 is 2.72 bits per heavy atom. The van der Waals surface area contributed by atoms with E-state index in [1.807, 2.05) is 18.2 Å². The van der Waals surface area contributed by atoms with Crippen LogP contribution in [0.25, 0.3) is 0 Å². The smallest absolute Gasteiger partial charge is 0.227 e. The van der Waals surface area contributed by atoms with E-state index in [9.17, 15) is 4.79 Å². The standard InChI is InChI=1S/C20H33N3O2/c1-13(2)16-7-5-14(3)11-17(16)20(24)23-18-8-6-15(25-4)12-19(18)22-10-9-21/h6,8,12-14,16-17,22H,5,7,9-11,21H2,1-4H3,(H,23,24)/t14-,16+,17+/m0/s1. The van der Waals surface area contributed by atoms with Crippen molar-refractivity contribution in [3.8, 4) is 5.75 Å². The van der Waals surface area contributed by atoms with Crippen LogP contribution in [0.5, 0.6) is 5.75 Å². The van der Waals surface area contributed by atoms with Crippen molar-refractivity contribution < 1.29 is 9.53 Å². The van der Waals surface area contributed by atoms with E-state index in [0.29, 0.717) is 30.8 Å². The van der Waals surface area contributed by atoms with Crippen molar-refractivity contribution >= 4 is 17.3 Å². The number of methoxy groups -OCH3 is 1. The third kappa shape index (κ3) is 5.11. The molecule has 3 atom stereocenters. The van der Waals surface area contributed by atoms with E-state index in [1.165, 1.54) is 6.42 Å².